The highest BCUT2D eigenvalue weighted by Crippen LogP contribution is 2.26. The first-order chi connectivity index (χ1) is 15.2. The highest BCUT2D eigenvalue weighted by molar-refractivity contribution is 7.13. The van der Waals surface area contributed by atoms with E-state index in [2.05, 4.69) is 32.1 Å². The molecule has 0 aromatic carbocycles. The molecule has 31 heavy (non-hydrogen) atoms. The van der Waals surface area contributed by atoms with Crippen molar-refractivity contribution in [3.63, 3.8) is 0 Å². The maximum atomic E-state index is 12.9. The summed E-state index contributed by atoms with van der Waals surface area (Å²) in [5.74, 6) is 0.703. The minimum absolute atomic E-state index is 0.0523. The second-order valence-corrected chi connectivity index (χ2v) is 9.54. The maximum Gasteiger partial charge on any atom is 0.228 e. The van der Waals surface area contributed by atoms with Crippen molar-refractivity contribution in [2.45, 2.75) is 31.7 Å². The number of rotatable bonds is 4. The fraction of sp³-hybridized carbons (Fsp3) is 0.478. The predicted octanol–water partition coefficient (Wildman–Crippen LogP) is 3.50. The van der Waals surface area contributed by atoms with Crippen LogP contribution >= 0.6 is 11.3 Å². The molecule has 5 heterocycles. The molecule has 2 aliphatic rings. The lowest BCUT2D eigenvalue weighted by atomic mass is 9.93. The smallest absolute Gasteiger partial charge is 0.228 e. The molecule has 7 nitrogen and oxygen atoms in total. The lowest BCUT2D eigenvalue weighted by Crippen LogP contribution is -2.48. The Morgan fingerprint density at radius 2 is 1.90 bits per heavy atom. The lowest BCUT2D eigenvalue weighted by molar-refractivity contribution is -0.121. The summed E-state index contributed by atoms with van der Waals surface area (Å²) in [6, 6.07) is 6.54. The van der Waals surface area contributed by atoms with Gasteiger partial charge in [0, 0.05) is 35.8 Å². The summed E-state index contributed by atoms with van der Waals surface area (Å²) < 4.78 is 0. The van der Waals surface area contributed by atoms with Gasteiger partial charge in [-0.1, -0.05) is 0 Å². The number of carbonyl (C=O) groups is 1. The van der Waals surface area contributed by atoms with E-state index in [1.807, 2.05) is 24.4 Å². The largest absolute Gasteiger partial charge is 0.310 e. The van der Waals surface area contributed by atoms with Crippen molar-refractivity contribution < 1.29 is 4.79 Å². The van der Waals surface area contributed by atoms with Crippen LogP contribution < -0.4 is 5.32 Å². The zero-order chi connectivity index (χ0) is 21.2. The average Bonchev–Trinajstić information content (AvgIpc) is 3.34. The Balaban J connectivity index is 1.21. The molecule has 0 atom stereocenters. The Labute approximate surface area is 186 Å². The van der Waals surface area contributed by atoms with Crippen LogP contribution in [0.3, 0.4) is 0 Å². The van der Waals surface area contributed by atoms with Crippen LogP contribution in [-0.2, 0) is 4.79 Å². The number of fused-ring (bicyclic) bond motifs is 1. The lowest BCUT2D eigenvalue weighted by Gasteiger charge is -2.40. The van der Waals surface area contributed by atoms with Crippen LogP contribution in [-0.4, -0.2) is 69.9 Å². The normalized spacial score (nSPS) is 19.6. The molecule has 0 radical (unpaired) electrons. The average molecular weight is 437 g/mol. The Morgan fingerprint density at radius 3 is 2.65 bits per heavy atom. The third kappa shape index (κ3) is 4.61. The van der Waals surface area contributed by atoms with E-state index >= 15 is 0 Å². The monoisotopic (exact) mass is 436 g/mol. The molecule has 3 aromatic rings. The molecule has 3 aromatic heterocycles. The van der Waals surface area contributed by atoms with Crippen molar-refractivity contribution in [1.82, 2.24) is 24.8 Å². The Bertz CT molecular complexity index is 1040. The molecule has 0 unspecified atom stereocenters. The molecule has 2 fully saturated rings. The van der Waals surface area contributed by atoms with Crippen molar-refractivity contribution in [3.05, 3.63) is 36.1 Å². The van der Waals surface area contributed by atoms with Gasteiger partial charge in [0.1, 0.15) is 5.82 Å². The summed E-state index contributed by atoms with van der Waals surface area (Å²) in [6.07, 6.45) is 7.91. The fourth-order valence-corrected chi connectivity index (χ4v) is 5.27. The van der Waals surface area contributed by atoms with E-state index < -0.39 is 0 Å². The quantitative estimate of drug-likeness (QED) is 0.675. The summed E-state index contributed by atoms with van der Waals surface area (Å²) in [7, 11) is 2.20. The van der Waals surface area contributed by atoms with Crippen molar-refractivity contribution in [2.24, 2.45) is 5.92 Å². The van der Waals surface area contributed by atoms with E-state index in [1.54, 1.807) is 23.0 Å². The molecule has 1 N–H and O–H groups in total. The number of pyridine rings is 2. The third-order valence-corrected chi connectivity index (χ3v) is 7.41. The van der Waals surface area contributed by atoms with E-state index in [0.717, 1.165) is 47.4 Å². The van der Waals surface area contributed by atoms with Crippen LogP contribution in [0.4, 0.5) is 5.82 Å². The van der Waals surface area contributed by atoms with Crippen LogP contribution in [0.1, 0.15) is 25.7 Å². The molecule has 0 saturated carbocycles. The minimum atomic E-state index is 0.0523. The molecule has 0 bridgehead atoms. The number of aromatic nitrogens is 3. The standard InChI is InChI=1S/C23H28N6OS/c1-28-8-6-18(7-9-28)29-10-4-16(5-11-29)23(30)27-22-12-20-17(13-25-22)2-3-19(26-20)21-14-24-15-31-21/h2-3,12-16,18H,4-11H2,1H3,(H,25,27,30). The van der Waals surface area contributed by atoms with Gasteiger partial charge in [-0.25, -0.2) is 9.97 Å². The van der Waals surface area contributed by atoms with E-state index in [9.17, 15) is 4.79 Å². The molecule has 0 spiro atoms. The first kappa shape index (κ1) is 20.5. The van der Waals surface area contributed by atoms with Gasteiger partial charge in [0.25, 0.3) is 0 Å². The van der Waals surface area contributed by atoms with Crippen LogP contribution in [0, 0.1) is 5.92 Å². The zero-order valence-electron chi connectivity index (χ0n) is 17.8. The van der Waals surface area contributed by atoms with Crippen molar-refractivity contribution in [1.29, 1.82) is 0 Å². The summed E-state index contributed by atoms with van der Waals surface area (Å²) in [5.41, 5.74) is 3.52. The van der Waals surface area contributed by atoms with Crippen LogP contribution in [0.5, 0.6) is 0 Å². The number of nitrogens with one attached hydrogen (secondary N) is 1. The van der Waals surface area contributed by atoms with Crippen molar-refractivity contribution in [2.75, 3.05) is 38.5 Å². The second-order valence-electron chi connectivity index (χ2n) is 8.66. The number of carbonyl (C=O) groups excluding carboxylic acids is 1. The number of thiazole rings is 1. The van der Waals surface area contributed by atoms with Gasteiger partial charge < -0.3 is 15.1 Å². The van der Waals surface area contributed by atoms with Gasteiger partial charge in [-0.15, -0.1) is 11.3 Å². The van der Waals surface area contributed by atoms with Crippen molar-refractivity contribution >= 4 is 34.0 Å². The van der Waals surface area contributed by atoms with Gasteiger partial charge >= 0.3 is 0 Å². The Morgan fingerprint density at radius 1 is 1.10 bits per heavy atom. The molecule has 2 saturated heterocycles. The number of hydrogen-bond acceptors (Lipinski definition) is 7. The van der Waals surface area contributed by atoms with E-state index in [0.29, 0.717) is 11.9 Å². The number of nitrogens with zero attached hydrogens (tertiary/aromatic N) is 5. The highest BCUT2D eigenvalue weighted by atomic mass is 32.1. The maximum absolute atomic E-state index is 12.9. The third-order valence-electron chi connectivity index (χ3n) is 6.61. The van der Waals surface area contributed by atoms with Gasteiger partial charge in [0.2, 0.25) is 5.91 Å². The zero-order valence-corrected chi connectivity index (χ0v) is 18.6. The topological polar surface area (TPSA) is 74.2 Å². The van der Waals surface area contributed by atoms with Gasteiger partial charge in [0.05, 0.1) is 21.6 Å². The molecule has 162 valence electrons. The molecule has 5 rings (SSSR count). The fourth-order valence-electron chi connectivity index (χ4n) is 4.68. The number of amides is 1. The Hall–Kier alpha value is -2.42. The number of hydrogen-bond donors (Lipinski definition) is 1. The summed E-state index contributed by atoms with van der Waals surface area (Å²) in [4.78, 5) is 32.2. The second kappa shape index (κ2) is 8.98. The van der Waals surface area contributed by atoms with Crippen LogP contribution in [0.25, 0.3) is 21.5 Å². The van der Waals surface area contributed by atoms with Gasteiger partial charge in [-0.05, 0) is 71.0 Å². The first-order valence-corrected chi connectivity index (χ1v) is 11.9. The first-order valence-electron chi connectivity index (χ1n) is 11.0. The minimum Gasteiger partial charge on any atom is -0.310 e. The predicted molar refractivity (Wildman–Crippen MR) is 124 cm³/mol. The molecular weight excluding hydrogens is 408 g/mol. The molecule has 8 heteroatoms. The number of piperidine rings is 2. The number of anilines is 1. The molecular formula is C23H28N6OS. The highest BCUT2D eigenvalue weighted by Gasteiger charge is 2.30. The molecule has 1 amide bonds. The summed E-state index contributed by atoms with van der Waals surface area (Å²) >= 11 is 1.56. The van der Waals surface area contributed by atoms with Crippen LogP contribution in [0.15, 0.2) is 36.1 Å². The Kier molecular flexibility index (Phi) is 5.93. The van der Waals surface area contributed by atoms with E-state index in [4.69, 9.17) is 4.98 Å². The van der Waals surface area contributed by atoms with E-state index in [-0.39, 0.29) is 11.8 Å². The van der Waals surface area contributed by atoms with Gasteiger partial charge in [-0.2, -0.15) is 0 Å². The van der Waals surface area contributed by atoms with Crippen LogP contribution in [0.2, 0.25) is 0 Å². The molecule has 2 aliphatic heterocycles. The van der Waals surface area contributed by atoms with Gasteiger partial charge in [-0.3, -0.25) is 9.78 Å². The van der Waals surface area contributed by atoms with Gasteiger partial charge in [0.15, 0.2) is 0 Å². The molecule has 0 aliphatic carbocycles. The van der Waals surface area contributed by atoms with E-state index in [1.165, 1.54) is 25.9 Å². The SMILES string of the molecule is CN1CCC(N2CCC(C(=O)Nc3cc4nc(-c5cncs5)ccc4cn3)CC2)CC1. The summed E-state index contributed by atoms with van der Waals surface area (Å²) in [5, 5.41) is 3.99. The van der Waals surface area contributed by atoms with Crippen molar-refractivity contribution in [3.8, 4) is 10.6 Å². The number of likely N-dealkylation sites (tertiary alicyclic amines) is 2. The summed E-state index contributed by atoms with van der Waals surface area (Å²) in [6.45, 7) is 4.38.